The third kappa shape index (κ3) is 5.63. The molecule has 0 unspecified atom stereocenters. The fraction of sp³-hybridized carbons (Fsp3) is 0.368. The average molecular weight is 359 g/mol. The van der Waals surface area contributed by atoms with Crippen molar-refractivity contribution in [2.45, 2.75) is 13.5 Å². The maximum atomic E-state index is 12.4. The highest BCUT2D eigenvalue weighted by atomic mass is 16.5. The lowest BCUT2D eigenvalue weighted by atomic mass is 10.3. The molecule has 26 heavy (non-hydrogen) atoms. The molecule has 2 amide bonds. The highest BCUT2D eigenvalue weighted by Crippen LogP contribution is 2.22. The molecule has 0 aliphatic heterocycles. The number of carbonyl (C=O) groups is 2. The van der Waals surface area contributed by atoms with E-state index in [0.717, 1.165) is 5.76 Å². The minimum atomic E-state index is -0.196. The lowest BCUT2D eigenvalue weighted by Gasteiger charge is -2.23. The van der Waals surface area contributed by atoms with E-state index in [-0.39, 0.29) is 24.9 Å². The van der Waals surface area contributed by atoms with Gasteiger partial charge in [0.15, 0.2) is 0 Å². The number of rotatable bonds is 9. The molecular weight excluding hydrogens is 334 g/mol. The zero-order chi connectivity index (χ0) is 18.9. The molecular formula is C19H25N3O4. The first-order chi connectivity index (χ1) is 12.5. The molecule has 1 aromatic carbocycles. The van der Waals surface area contributed by atoms with E-state index in [1.807, 2.05) is 25.1 Å². The third-order valence-electron chi connectivity index (χ3n) is 3.95. The van der Waals surface area contributed by atoms with Crippen molar-refractivity contribution in [2.24, 2.45) is 0 Å². The Morgan fingerprint density at radius 2 is 1.92 bits per heavy atom. The first-order valence-electron chi connectivity index (χ1n) is 8.45. The molecule has 140 valence electrons. The van der Waals surface area contributed by atoms with Gasteiger partial charge in [0.25, 0.3) is 0 Å². The molecule has 7 heteroatoms. The fourth-order valence-electron chi connectivity index (χ4n) is 2.46. The van der Waals surface area contributed by atoms with Crippen LogP contribution >= 0.6 is 0 Å². The molecule has 1 N–H and O–H groups in total. The third-order valence-corrected chi connectivity index (χ3v) is 3.95. The molecule has 0 aliphatic carbocycles. The van der Waals surface area contributed by atoms with Gasteiger partial charge in [0.05, 0.1) is 38.7 Å². The van der Waals surface area contributed by atoms with Gasteiger partial charge >= 0.3 is 0 Å². The Morgan fingerprint density at radius 1 is 1.15 bits per heavy atom. The van der Waals surface area contributed by atoms with Crippen LogP contribution in [0.2, 0.25) is 0 Å². The number of benzene rings is 1. The zero-order valence-electron chi connectivity index (χ0n) is 15.4. The number of hydrogen-bond acceptors (Lipinski definition) is 5. The van der Waals surface area contributed by atoms with E-state index in [0.29, 0.717) is 24.5 Å². The number of anilines is 1. The van der Waals surface area contributed by atoms with Crippen molar-refractivity contribution in [1.82, 2.24) is 9.80 Å². The van der Waals surface area contributed by atoms with Gasteiger partial charge in [0, 0.05) is 7.05 Å². The van der Waals surface area contributed by atoms with Gasteiger partial charge in [-0.2, -0.15) is 0 Å². The van der Waals surface area contributed by atoms with Gasteiger partial charge in [-0.1, -0.05) is 19.1 Å². The summed E-state index contributed by atoms with van der Waals surface area (Å²) in [6.45, 7) is 3.18. The van der Waals surface area contributed by atoms with Crippen LogP contribution in [-0.2, 0) is 16.1 Å². The minimum absolute atomic E-state index is 0.0756. The van der Waals surface area contributed by atoms with Gasteiger partial charge in [0.1, 0.15) is 11.5 Å². The predicted molar refractivity (Wildman–Crippen MR) is 98.9 cm³/mol. The van der Waals surface area contributed by atoms with Crippen LogP contribution in [0.25, 0.3) is 0 Å². The van der Waals surface area contributed by atoms with Crippen molar-refractivity contribution in [3.63, 3.8) is 0 Å². The lowest BCUT2D eigenvalue weighted by Crippen LogP contribution is -2.41. The van der Waals surface area contributed by atoms with Crippen molar-refractivity contribution >= 4 is 17.5 Å². The summed E-state index contributed by atoms with van der Waals surface area (Å²) in [6, 6.07) is 10.8. The van der Waals surface area contributed by atoms with Crippen LogP contribution in [0, 0.1) is 0 Å². The van der Waals surface area contributed by atoms with Crippen LogP contribution < -0.4 is 10.1 Å². The molecule has 0 bridgehead atoms. The normalized spacial score (nSPS) is 10.6. The van der Waals surface area contributed by atoms with Crippen molar-refractivity contribution in [1.29, 1.82) is 0 Å². The summed E-state index contributed by atoms with van der Waals surface area (Å²) in [6.07, 6.45) is 1.58. The van der Waals surface area contributed by atoms with Crippen molar-refractivity contribution in [3.05, 3.63) is 48.4 Å². The van der Waals surface area contributed by atoms with Gasteiger partial charge < -0.3 is 19.4 Å². The van der Waals surface area contributed by atoms with E-state index >= 15 is 0 Å². The number of furan rings is 1. The summed E-state index contributed by atoms with van der Waals surface area (Å²) < 4.78 is 10.5. The Morgan fingerprint density at radius 3 is 2.58 bits per heavy atom. The molecule has 2 rings (SSSR count). The molecule has 1 aromatic heterocycles. The monoisotopic (exact) mass is 359 g/mol. The molecule has 0 spiro atoms. The summed E-state index contributed by atoms with van der Waals surface area (Å²) in [5.41, 5.74) is 0.609. The molecule has 0 fully saturated rings. The van der Waals surface area contributed by atoms with E-state index in [1.54, 1.807) is 48.4 Å². The standard InChI is InChI=1S/C19H25N3O4/c1-4-22(14-19(24)21(2)12-15-8-7-11-26-15)13-18(23)20-16-9-5-6-10-17(16)25-3/h5-11H,4,12-14H2,1-3H3,(H,20,23). The second-order valence-electron chi connectivity index (χ2n) is 5.88. The van der Waals surface area contributed by atoms with E-state index in [2.05, 4.69) is 5.32 Å². The summed E-state index contributed by atoms with van der Waals surface area (Å²) in [5, 5.41) is 2.82. The molecule has 0 saturated heterocycles. The SMILES string of the molecule is CCN(CC(=O)Nc1ccccc1OC)CC(=O)N(C)Cc1ccco1. The Hall–Kier alpha value is -2.80. The lowest BCUT2D eigenvalue weighted by molar-refractivity contribution is -0.132. The molecule has 0 radical (unpaired) electrons. The van der Waals surface area contributed by atoms with Crippen LogP contribution in [-0.4, -0.2) is 55.4 Å². The summed E-state index contributed by atoms with van der Waals surface area (Å²) in [7, 11) is 3.27. The highest BCUT2D eigenvalue weighted by molar-refractivity contribution is 5.94. The molecule has 7 nitrogen and oxygen atoms in total. The first kappa shape index (κ1) is 19.5. The van der Waals surface area contributed by atoms with E-state index in [4.69, 9.17) is 9.15 Å². The van der Waals surface area contributed by atoms with Crippen molar-refractivity contribution in [2.75, 3.05) is 39.1 Å². The molecule has 0 saturated carbocycles. The Labute approximate surface area is 153 Å². The Bertz CT molecular complexity index is 715. The molecule has 0 aliphatic rings. The topological polar surface area (TPSA) is 75.0 Å². The molecule has 2 aromatic rings. The number of ether oxygens (including phenoxy) is 1. The summed E-state index contributed by atoms with van der Waals surface area (Å²) >= 11 is 0. The van der Waals surface area contributed by atoms with Crippen LogP contribution in [0.1, 0.15) is 12.7 Å². The maximum absolute atomic E-state index is 12.4. The Kier molecular flexibility index (Phi) is 7.23. The van der Waals surface area contributed by atoms with E-state index in [1.165, 1.54) is 0 Å². The second-order valence-corrected chi connectivity index (χ2v) is 5.88. The average Bonchev–Trinajstić information content (AvgIpc) is 3.14. The van der Waals surface area contributed by atoms with E-state index < -0.39 is 0 Å². The van der Waals surface area contributed by atoms with Gasteiger partial charge in [-0.25, -0.2) is 0 Å². The van der Waals surface area contributed by atoms with Crippen LogP contribution in [0.4, 0.5) is 5.69 Å². The smallest absolute Gasteiger partial charge is 0.238 e. The maximum Gasteiger partial charge on any atom is 0.238 e. The summed E-state index contributed by atoms with van der Waals surface area (Å²) in [5.74, 6) is 1.04. The van der Waals surface area contributed by atoms with Gasteiger partial charge in [-0.05, 0) is 30.8 Å². The number of para-hydroxylation sites is 2. The largest absolute Gasteiger partial charge is 0.495 e. The number of nitrogens with one attached hydrogen (secondary N) is 1. The number of methoxy groups -OCH3 is 1. The summed E-state index contributed by atoms with van der Waals surface area (Å²) in [4.78, 5) is 28.0. The Balaban J connectivity index is 1.87. The van der Waals surface area contributed by atoms with Crippen LogP contribution in [0.5, 0.6) is 5.75 Å². The second kappa shape index (κ2) is 9.62. The zero-order valence-corrected chi connectivity index (χ0v) is 15.4. The van der Waals surface area contributed by atoms with Crippen LogP contribution in [0.3, 0.4) is 0 Å². The quantitative estimate of drug-likeness (QED) is 0.743. The van der Waals surface area contributed by atoms with Gasteiger partial charge in [-0.3, -0.25) is 14.5 Å². The number of nitrogens with zero attached hydrogens (tertiary/aromatic N) is 2. The van der Waals surface area contributed by atoms with Crippen molar-refractivity contribution in [3.8, 4) is 5.75 Å². The highest BCUT2D eigenvalue weighted by Gasteiger charge is 2.17. The van der Waals surface area contributed by atoms with E-state index in [9.17, 15) is 9.59 Å². The minimum Gasteiger partial charge on any atom is -0.495 e. The van der Waals surface area contributed by atoms with Gasteiger partial charge in [-0.15, -0.1) is 0 Å². The number of hydrogen-bond donors (Lipinski definition) is 1. The number of carbonyl (C=O) groups excluding carboxylic acids is 2. The van der Waals surface area contributed by atoms with Crippen LogP contribution in [0.15, 0.2) is 47.1 Å². The number of amides is 2. The van der Waals surface area contributed by atoms with Crippen molar-refractivity contribution < 1.29 is 18.7 Å². The first-order valence-corrected chi connectivity index (χ1v) is 8.45. The predicted octanol–water partition coefficient (Wildman–Crippen LogP) is 2.21. The molecule has 0 atom stereocenters. The molecule has 1 heterocycles. The fourth-order valence-corrected chi connectivity index (χ4v) is 2.46. The number of likely N-dealkylation sites (N-methyl/N-ethyl adjacent to an activating group) is 2. The van der Waals surface area contributed by atoms with Gasteiger partial charge in [0.2, 0.25) is 11.8 Å².